The third kappa shape index (κ3) is 24.6. The summed E-state index contributed by atoms with van der Waals surface area (Å²) < 4.78 is 7.01. The molecule has 0 bridgehead atoms. The Labute approximate surface area is 576 Å². The summed E-state index contributed by atoms with van der Waals surface area (Å²) in [4.78, 5) is 173. The van der Waals surface area contributed by atoms with Crippen molar-refractivity contribution in [3.63, 3.8) is 0 Å². The number of hydrogen-bond acceptors (Lipinski definition) is 14. The highest BCUT2D eigenvalue weighted by Crippen LogP contribution is 2.34. The highest BCUT2D eigenvalue weighted by molar-refractivity contribution is 6.00. The molecule has 1 aliphatic heterocycles. The number of allylic oxidation sites excluding steroid dienone is 2. The molecular formula is C71H130N12O13. The molecule has 0 aromatic heterocycles. The Hall–Kier alpha value is -6.21. The van der Waals surface area contributed by atoms with E-state index in [2.05, 4.69) is 33.5 Å². The average molecular weight is 1360 g/mol. The molecule has 1 rings (SSSR count). The van der Waals surface area contributed by atoms with Crippen molar-refractivity contribution in [1.29, 1.82) is 0 Å². The summed E-state index contributed by atoms with van der Waals surface area (Å²) in [6.07, 6.45) is 5.39. The number of carbonyl (C=O) groups is 11. The van der Waals surface area contributed by atoms with Crippen molar-refractivity contribution in [2.45, 2.75) is 281 Å². The van der Waals surface area contributed by atoms with E-state index in [0.717, 1.165) is 35.5 Å². The Morgan fingerprint density at radius 1 is 0.552 bits per heavy atom. The van der Waals surface area contributed by atoms with Crippen LogP contribution < -0.4 is 26.6 Å². The number of hydrogen-bond donors (Lipinski definition) is 6. The van der Waals surface area contributed by atoms with Gasteiger partial charge in [0.1, 0.15) is 60.6 Å². The third-order valence-electron chi connectivity index (χ3n) is 18.4. The first-order valence-electron chi connectivity index (χ1n) is 35.2. The SMILES string of the molecule is C/C=C/C[C@@H](C)[C@@H](O)[C@H]1C(=O)N[C@@H](CC)C(=O)N(C)CC(=O)N(C)[C@@H](CC(C)C)C(=O)N[C@@H](C(C)C)C(=O)N(C)[C@@H](CC(C)C)C(=O)N[C@@H](C)C(=O)N[C@H](C)C(=O)N(C)[C@@H](CC(C)C)C(=O)N(C)[C@@H](CC(C)C)C(=O)N(C)[C@](OC(C)NC(C)CCCCC)(C(C)C)C(=O)N1C. The van der Waals surface area contributed by atoms with Crippen molar-refractivity contribution in [1.82, 2.24) is 60.9 Å². The summed E-state index contributed by atoms with van der Waals surface area (Å²) in [7, 11) is 9.86. The van der Waals surface area contributed by atoms with Gasteiger partial charge in [-0.1, -0.05) is 135 Å². The van der Waals surface area contributed by atoms with E-state index in [4.69, 9.17) is 4.74 Å². The molecule has 0 saturated carbocycles. The smallest absolute Gasteiger partial charge is 0.277 e. The maximum Gasteiger partial charge on any atom is 0.277 e. The maximum atomic E-state index is 16.3. The van der Waals surface area contributed by atoms with Gasteiger partial charge in [-0.05, 0) is 115 Å². The minimum absolute atomic E-state index is 0.0148. The zero-order valence-corrected chi connectivity index (χ0v) is 63.9. The van der Waals surface area contributed by atoms with E-state index in [-0.39, 0.29) is 68.2 Å². The fraction of sp³-hybridized carbons (Fsp3) is 0.817. The van der Waals surface area contributed by atoms with Crippen LogP contribution in [0.4, 0.5) is 0 Å². The van der Waals surface area contributed by atoms with Gasteiger partial charge in [0, 0.05) is 61.3 Å². The van der Waals surface area contributed by atoms with Crippen LogP contribution >= 0.6 is 0 Å². The van der Waals surface area contributed by atoms with Gasteiger partial charge in [-0.3, -0.25) is 58.1 Å². The standard InChI is InChI=1S/C71H130N12O13/c1-28-31-33-35-48(17)72-51(20)96-71(46(14)15)70(95)82(26)59(60(85)47(16)34-32-29-2)64(89)75-52(30-3)66(91)77(21)40-57(84)78(22)53(36-41(4)5)63(88)76-58(45(12)13)69(94)79(23)54(37-42(6)7)62(87)73-49(18)61(86)74-50(19)65(90)80(24)55(38-43(8)9)67(92)81(25)56(39-44(10)11)68(93)83(71)27/h29,32,41-56,58-60,72,85H,28,30-31,33-40H2,1-27H3,(H,73,87)(H,74,86)(H,75,89)(H,76,88)/b32-29+/t47-,48?,49+,50-,51?,52+,53+,54+,55+,56+,58+,59+,60-,71+/m1/s1. The monoisotopic (exact) mass is 1360 g/mol. The molecule has 0 aromatic carbocycles. The predicted molar refractivity (Wildman–Crippen MR) is 375 cm³/mol. The molecule has 25 heteroatoms. The molecule has 0 aromatic rings. The van der Waals surface area contributed by atoms with Gasteiger partial charge in [-0.25, -0.2) is 0 Å². The number of aliphatic hydroxyl groups is 1. The number of nitrogens with one attached hydrogen (secondary N) is 5. The van der Waals surface area contributed by atoms with Crippen molar-refractivity contribution >= 4 is 65.0 Å². The molecule has 1 aliphatic rings. The molecule has 1 heterocycles. The Kier molecular flexibility index (Phi) is 37.2. The second kappa shape index (κ2) is 40.6. The van der Waals surface area contributed by atoms with Gasteiger partial charge in [0.25, 0.3) is 5.91 Å². The van der Waals surface area contributed by atoms with Gasteiger partial charge in [0.05, 0.1) is 12.6 Å². The summed E-state index contributed by atoms with van der Waals surface area (Å²) in [5, 5.41) is 27.1. The normalized spacial score (nSPS) is 26.7. The van der Waals surface area contributed by atoms with E-state index >= 15 is 19.2 Å². The van der Waals surface area contributed by atoms with E-state index in [1.165, 1.54) is 87.7 Å². The van der Waals surface area contributed by atoms with Crippen LogP contribution in [0.15, 0.2) is 12.2 Å². The van der Waals surface area contributed by atoms with Crippen LogP contribution in [0.25, 0.3) is 0 Å². The van der Waals surface area contributed by atoms with Crippen molar-refractivity contribution in [3.8, 4) is 0 Å². The lowest BCUT2D eigenvalue weighted by Gasteiger charge is -2.49. The highest BCUT2D eigenvalue weighted by atomic mass is 16.5. The molecular weight excluding hydrogens is 1230 g/mol. The first kappa shape index (κ1) is 87.8. The number of rotatable bonds is 23. The summed E-state index contributed by atoms with van der Waals surface area (Å²) in [6.45, 7) is 35.0. The van der Waals surface area contributed by atoms with Gasteiger partial charge in [0.15, 0.2) is 0 Å². The van der Waals surface area contributed by atoms with Crippen LogP contribution in [-0.4, -0.2) is 239 Å². The zero-order valence-electron chi connectivity index (χ0n) is 63.9. The van der Waals surface area contributed by atoms with Crippen LogP contribution in [-0.2, 0) is 57.5 Å². The molecule has 1 fully saturated rings. The molecule has 0 spiro atoms. The van der Waals surface area contributed by atoms with Gasteiger partial charge < -0.3 is 65.4 Å². The molecule has 2 unspecified atom stereocenters. The summed E-state index contributed by atoms with van der Waals surface area (Å²) in [5.74, 6) is -10.8. The third-order valence-corrected chi connectivity index (χ3v) is 18.4. The van der Waals surface area contributed by atoms with Crippen molar-refractivity contribution in [2.75, 3.05) is 55.9 Å². The topological polar surface area (TPSA) is 300 Å². The second-order valence-corrected chi connectivity index (χ2v) is 29.5. The minimum atomic E-state index is -2.30. The lowest BCUT2D eigenvalue weighted by atomic mass is 9.89. The molecule has 0 aliphatic carbocycles. The number of ether oxygens (including phenoxy) is 1. The summed E-state index contributed by atoms with van der Waals surface area (Å²) in [5.41, 5.74) is -2.30. The molecule has 1 saturated heterocycles. The maximum absolute atomic E-state index is 16.3. The zero-order chi connectivity index (χ0) is 74.3. The Bertz CT molecular complexity index is 2600. The Balaban J connectivity index is 4.65. The van der Waals surface area contributed by atoms with Crippen LogP contribution in [0.2, 0.25) is 0 Å². The second-order valence-electron chi connectivity index (χ2n) is 29.5. The molecule has 11 amide bonds. The van der Waals surface area contributed by atoms with Gasteiger partial charge in [-0.2, -0.15) is 0 Å². The predicted octanol–water partition coefficient (Wildman–Crippen LogP) is 5.52. The molecule has 14 atom stereocenters. The Morgan fingerprint density at radius 2 is 1.02 bits per heavy atom. The summed E-state index contributed by atoms with van der Waals surface area (Å²) >= 11 is 0. The molecule has 25 nitrogen and oxygen atoms in total. The minimum Gasteiger partial charge on any atom is -0.390 e. The highest BCUT2D eigenvalue weighted by Gasteiger charge is 2.56. The molecule has 96 heavy (non-hydrogen) atoms. The van der Waals surface area contributed by atoms with E-state index in [0.29, 0.717) is 0 Å². The largest absolute Gasteiger partial charge is 0.390 e. The van der Waals surface area contributed by atoms with E-state index in [9.17, 15) is 38.7 Å². The number of nitrogens with zero attached hydrogens (tertiary/aromatic N) is 7. The quantitative estimate of drug-likeness (QED) is 0.0417. The number of carbonyl (C=O) groups excluding carboxylic acids is 11. The van der Waals surface area contributed by atoms with Crippen LogP contribution in [0.5, 0.6) is 0 Å². The number of unbranched alkanes of at least 4 members (excludes halogenated alkanes) is 2. The lowest BCUT2D eigenvalue weighted by molar-refractivity contribution is -0.223. The number of amides is 11. The number of likely N-dealkylation sites (N-methyl/N-ethyl adjacent to an activating group) is 7. The van der Waals surface area contributed by atoms with Gasteiger partial charge in [-0.15, -0.1) is 0 Å². The first-order chi connectivity index (χ1) is 44.4. The molecule has 552 valence electrons. The average Bonchev–Trinajstić information content (AvgIpc) is 0.763. The van der Waals surface area contributed by atoms with Crippen LogP contribution in [0.1, 0.15) is 203 Å². The first-order valence-corrected chi connectivity index (χ1v) is 35.2. The van der Waals surface area contributed by atoms with Crippen LogP contribution in [0.3, 0.4) is 0 Å². The Morgan fingerprint density at radius 3 is 1.50 bits per heavy atom. The van der Waals surface area contributed by atoms with E-state index in [1.54, 1.807) is 67.5 Å². The fourth-order valence-corrected chi connectivity index (χ4v) is 12.4. The van der Waals surface area contributed by atoms with Gasteiger partial charge >= 0.3 is 0 Å². The lowest BCUT2D eigenvalue weighted by Crippen LogP contribution is -2.71. The molecule has 6 N–H and O–H groups in total. The van der Waals surface area contributed by atoms with Gasteiger partial charge in [0.2, 0.25) is 64.8 Å². The van der Waals surface area contributed by atoms with Crippen molar-refractivity contribution in [2.24, 2.45) is 41.4 Å². The number of aliphatic hydroxyl groups excluding tert-OH is 1. The van der Waals surface area contributed by atoms with E-state index in [1.807, 2.05) is 62.3 Å². The fourth-order valence-electron chi connectivity index (χ4n) is 12.4. The molecule has 0 radical (unpaired) electrons. The summed E-state index contributed by atoms with van der Waals surface area (Å²) in [6, 6.07) is -11.7. The van der Waals surface area contributed by atoms with Crippen molar-refractivity contribution in [3.05, 3.63) is 12.2 Å². The van der Waals surface area contributed by atoms with Crippen molar-refractivity contribution < 1.29 is 62.6 Å². The van der Waals surface area contributed by atoms with E-state index < -0.39 is 162 Å². The van der Waals surface area contributed by atoms with Crippen LogP contribution in [0, 0.1) is 41.4 Å².